The minimum Gasteiger partial charge on any atom is -0.384 e. The van der Waals surface area contributed by atoms with Crippen LogP contribution in [-0.2, 0) is 0 Å². The lowest BCUT2D eigenvalue weighted by Crippen LogP contribution is -2.27. The Balaban J connectivity index is 2.24. The van der Waals surface area contributed by atoms with Crippen LogP contribution in [0.3, 0.4) is 0 Å². The van der Waals surface area contributed by atoms with Gasteiger partial charge >= 0.3 is 0 Å². The first kappa shape index (κ1) is 8.35. The number of hydrogen-bond donors (Lipinski definition) is 1. The molecule has 3 nitrogen and oxygen atoms in total. The van der Waals surface area contributed by atoms with Crippen molar-refractivity contribution in [3.05, 3.63) is 18.2 Å². The Morgan fingerprint density at radius 3 is 3.00 bits per heavy atom. The number of nitrogen functional groups attached to an aromatic ring is 1. The highest BCUT2D eigenvalue weighted by molar-refractivity contribution is 5.46. The normalized spacial score (nSPS) is 22.2. The summed E-state index contributed by atoms with van der Waals surface area (Å²) in [6, 6.07) is 6.42. The number of aromatic nitrogens is 1. The van der Waals surface area contributed by atoms with Gasteiger partial charge in [0, 0.05) is 12.6 Å². The van der Waals surface area contributed by atoms with Gasteiger partial charge in [-0.2, -0.15) is 0 Å². The number of rotatable bonds is 1. The summed E-state index contributed by atoms with van der Waals surface area (Å²) in [4.78, 5) is 6.63. The summed E-state index contributed by atoms with van der Waals surface area (Å²) in [6.45, 7) is 3.34. The van der Waals surface area contributed by atoms with Crippen molar-refractivity contribution >= 4 is 11.6 Å². The van der Waals surface area contributed by atoms with Crippen LogP contribution in [-0.4, -0.2) is 17.6 Å². The molecule has 2 rings (SSSR count). The van der Waals surface area contributed by atoms with Crippen molar-refractivity contribution in [3.8, 4) is 0 Å². The SMILES string of the molecule is C[C@H]1CCCN1c1cccc(N)n1. The molecule has 0 aliphatic carbocycles. The van der Waals surface area contributed by atoms with Gasteiger partial charge in [-0.1, -0.05) is 6.07 Å². The summed E-state index contributed by atoms with van der Waals surface area (Å²) in [6.07, 6.45) is 2.52. The maximum atomic E-state index is 5.63. The van der Waals surface area contributed by atoms with E-state index < -0.39 is 0 Å². The quantitative estimate of drug-likeness (QED) is 0.709. The first-order valence-corrected chi connectivity index (χ1v) is 4.76. The van der Waals surface area contributed by atoms with Crippen LogP contribution in [0.2, 0.25) is 0 Å². The molecule has 0 amide bonds. The van der Waals surface area contributed by atoms with Crippen molar-refractivity contribution in [2.75, 3.05) is 17.2 Å². The zero-order valence-corrected chi connectivity index (χ0v) is 7.90. The molecule has 1 aromatic heterocycles. The van der Waals surface area contributed by atoms with Crippen LogP contribution >= 0.6 is 0 Å². The van der Waals surface area contributed by atoms with Crippen molar-refractivity contribution in [2.45, 2.75) is 25.8 Å². The second kappa shape index (κ2) is 3.24. The first-order valence-electron chi connectivity index (χ1n) is 4.76. The molecule has 1 atom stereocenters. The monoisotopic (exact) mass is 177 g/mol. The van der Waals surface area contributed by atoms with E-state index in [1.54, 1.807) is 0 Å². The van der Waals surface area contributed by atoms with E-state index in [0.717, 1.165) is 12.4 Å². The summed E-state index contributed by atoms with van der Waals surface area (Å²) < 4.78 is 0. The molecule has 70 valence electrons. The van der Waals surface area contributed by atoms with Crippen molar-refractivity contribution < 1.29 is 0 Å². The Labute approximate surface area is 78.6 Å². The van der Waals surface area contributed by atoms with Gasteiger partial charge in [-0.3, -0.25) is 0 Å². The third-order valence-corrected chi connectivity index (χ3v) is 2.60. The zero-order valence-electron chi connectivity index (χ0n) is 7.90. The molecule has 3 heteroatoms. The smallest absolute Gasteiger partial charge is 0.131 e. The Kier molecular flexibility index (Phi) is 2.08. The second-order valence-electron chi connectivity index (χ2n) is 3.61. The predicted molar refractivity (Wildman–Crippen MR) is 54.7 cm³/mol. The number of anilines is 2. The highest BCUT2D eigenvalue weighted by atomic mass is 15.2. The van der Waals surface area contributed by atoms with Crippen LogP contribution in [0.15, 0.2) is 18.2 Å². The fourth-order valence-electron chi connectivity index (χ4n) is 1.87. The Bertz CT molecular complexity index is 298. The zero-order chi connectivity index (χ0) is 9.26. The maximum Gasteiger partial charge on any atom is 0.131 e. The van der Waals surface area contributed by atoms with E-state index in [1.807, 2.05) is 18.2 Å². The minimum absolute atomic E-state index is 0.606. The predicted octanol–water partition coefficient (Wildman–Crippen LogP) is 1.65. The molecule has 1 saturated heterocycles. The van der Waals surface area contributed by atoms with Gasteiger partial charge in [-0.15, -0.1) is 0 Å². The minimum atomic E-state index is 0.606. The van der Waals surface area contributed by atoms with Gasteiger partial charge in [-0.25, -0.2) is 4.98 Å². The second-order valence-corrected chi connectivity index (χ2v) is 3.61. The fraction of sp³-hybridized carbons (Fsp3) is 0.500. The lowest BCUT2D eigenvalue weighted by Gasteiger charge is -2.22. The summed E-state index contributed by atoms with van der Waals surface area (Å²) in [5.74, 6) is 1.63. The standard InChI is InChI=1S/C10H15N3/c1-8-4-3-7-13(8)10-6-2-5-9(11)12-10/h2,5-6,8H,3-4,7H2,1H3,(H2,11,12)/t8-/m0/s1. The van der Waals surface area contributed by atoms with Crippen molar-refractivity contribution in [1.29, 1.82) is 0 Å². The number of nitrogens with two attached hydrogens (primary N) is 1. The van der Waals surface area contributed by atoms with Gasteiger partial charge in [-0.05, 0) is 31.9 Å². The van der Waals surface area contributed by atoms with E-state index in [0.29, 0.717) is 11.9 Å². The van der Waals surface area contributed by atoms with E-state index in [-0.39, 0.29) is 0 Å². The van der Waals surface area contributed by atoms with Gasteiger partial charge in [0.25, 0.3) is 0 Å². The molecule has 0 saturated carbocycles. The third-order valence-electron chi connectivity index (χ3n) is 2.60. The molecular weight excluding hydrogens is 162 g/mol. The van der Waals surface area contributed by atoms with Crippen molar-refractivity contribution in [2.24, 2.45) is 0 Å². The molecule has 2 N–H and O–H groups in total. The fourth-order valence-corrected chi connectivity index (χ4v) is 1.87. The highest BCUT2D eigenvalue weighted by Gasteiger charge is 2.21. The van der Waals surface area contributed by atoms with Gasteiger partial charge < -0.3 is 10.6 Å². The number of nitrogens with zero attached hydrogens (tertiary/aromatic N) is 2. The maximum absolute atomic E-state index is 5.63. The van der Waals surface area contributed by atoms with E-state index in [9.17, 15) is 0 Å². The Morgan fingerprint density at radius 2 is 2.38 bits per heavy atom. The number of hydrogen-bond acceptors (Lipinski definition) is 3. The van der Waals surface area contributed by atoms with Crippen LogP contribution < -0.4 is 10.6 Å². The Morgan fingerprint density at radius 1 is 1.54 bits per heavy atom. The molecule has 0 spiro atoms. The Hall–Kier alpha value is -1.25. The molecule has 1 aliphatic heterocycles. The molecule has 0 unspecified atom stereocenters. The van der Waals surface area contributed by atoms with Gasteiger partial charge in [0.2, 0.25) is 0 Å². The van der Waals surface area contributed by atoms with Crippen LogP contribution in [0.25, 0.3) is 0 Å². The van der Waals surface area contributed by atoms with Gasteiger partial charge in [0.15, 0.2) is 0 Å². The topological polar surface area (TPSA) is 42.1 Å². The molecule has 1 aliphatic rings. The van der Waals surface area contributed by atoms with Crippen molar-refractivity contribution in [1.82, 2.24) is 4.98 Å². The van der Waals surface area contributed by atoms with Crippen LogP contribution in [0, 0.1) is 0 Å². The molecular formula is C10H15N3. The summed E-state index contributed by atoms with van der Waals surface area (Å²) in [7, 11) is 0. The summed E-state index contributed by atoms with van der Waals surface area (Å²) >= 11 is 0. The molecule has 0 radical (unpaired) electrons. The van der Waals surface area contributed by atoms with E-state index in [2.05, 4.69) is 16.8 Å². The van der Waals surface area contributed by atoms with Crippen LogP contribution in [0.4, 0.5) is 11.6 Å². The van der Waals surface area contributed by atoms with E-state index in [4.69, 9.17) is 5.73 Å². The van der Waals surface area contributed by atoms with Crippen LogP contribution in [0.5, 0.6) is 0 Å². The highest BCUT2D eigenvalue weighted by Crippen LogP contribution is 2.23. The molecule has 0 bridgehead atoms. The van der Waals surface area contributed by atoms with Gasteiger partial charge in [0.05, 0.1) is 0 Å². The molecule has 1 fully saturated rings. The van der Waals surface area contributed by atoms with E-state index >= 15 is 0 Å². The molecule has 2 heterocycles. The summed E-state index contributed by atoms with van der Waals surface area (Å²) in [5, 5.41) is 0. The average molecular weight is 177 g/mol. The molecule has 13 heavy (non-hydrogen) atoms. The number of pyridine rings is 1. The van der Waals surface area contributed by atoms with Gasteiger partial charge in [0.1, 0.15) is 11.6 Å². The molecule has 0 aromatic carbocycles. The largest absolute Gasteiger partial charge is 0.384 e. The first-order chi connectivity index (χ1) is 6.27. The molecule has 1 aromatic rings. The lowest BCUT2D eigenvalue weighted by atomic mass is 10.2. The van der Waals surface area contributed by atoms with E-state index in [1.165, 1.54) is 12.8 Å². The average Bonchev–Trinajstić information content (AvgIpc) is 2.51. The lowest BCUT2D eigenvalue weighted by molar-refractivity contribution is 0.728. The van der Waals surface area contributed by atoms with Crippen molar-refractivity contribution in [3.63, 3.8) is 0 Å². The summed E-state index contributed by atoms with van der Waals surface area (Å²) in [5.41, 5.74) is 5.63. The third kappa shape index (κ3) is 1.59. The van der Waals surface area contributed by atoms with Crippen LogP contribution in [0.1, 0.15) is 19.8 Å².